The van der Waals surface area contributed by atoms with E-state index in [1.54, 1.807) is 0 Å². The smallest absolute Gasteiger partial charge is 0.0746 e. The van der Waals surface area contributed by atoms with Gasteiger partial charge in [-0.3, -0.25) is 0 Å². The van der Waals surface area contributed by atoms with Crippen LogP contribution in [0.4, 0.5) is 0 Å². The van der Waals surface area contributed by atoms with Gasteiger partial charge in [-0.2, -0.15) is 10.2 Å². The summed E-state index contributed by atoms with van der Waals surface area (Å²) in [4.78, 5) is 0. The van der Waals surface area contributed by atoms with Gasteiger partial charge in [-0.15, -0.1) is 0 Å². The highest BCUT2D eigenvalue weighted by atomic mass is 15.2. The molecule has 3 aromatic rings. The fraction of sp³-hybridized carbons (Fsp3) is 0.130. The van der Waals surface area contributed by atoms with Gasteiger partial charge in [0.15, 0.2) is 0 Å². The molecule has 0 amide bonds. The summed E-state index contributed by atoms with van der Waals surface area (Å²) in [6, 6.07) is 31.7. The van der Waals surface area contributed by atoms with Crippen LogP contribution in [0.15, 0.2) is 101 Å². The van der Waals surface area contributed by atoms with E-state index in [9.17, 15) is 0 Å². The van der Waals surface area contributed by atoms with Gasteiger partial charge >= 0.3 is 0 Å². The zero-order valence-corrected chi connectivity index (χ0v) is 13.8. The number of nitrogens with zero attached hydrogens (tertiary/aromatic N) is 2. The summed E-state index contributed by atoms with van der Waals surface area (Å²) >= 11 is 0. The minimum Gasteiger partial charge on any atom is -0.154 e. The van der Waals surface area contributed by atoms with E-state index in [0.29, 0.717) is 17.8 Å². The van der Waals surface area contributed by atoms with E-state index in [1.807, 2.05) is 12.1 Å². The lowest BCUT2D eigenvalue weighted by Gasteiger charge is -2.11. The first-order chi connectivity index (χ1) is 12.4. The largest absolute Gasteiger partial charge is 0.154 e. The van der Waals surface area contributed by atoms with Gasteiger partial charge in [0.1, 0.15) is 0 Å². The monoisotopic (exact) mass is 322 g/mol. The van der Waals surface area contributed by atoms with E-state index in [1.165, 1.54) is 16.7 Å². The van der Waals surface area contributed by atoms with Gasteiger partial charge in [0.05, 0.1) is 11.4 Å². The summed E-state index contributed by atoms with van der Waals surface area (Å²) in [6.45, 7) is 0. The summed E-state index contributed by atoms with van der Waals surface area (Å²) in [5, 5.41) is 9.32. The highest BCUT2D eigenvalue weighted by Gasteiger charge is 2.58. The zero-order valence-electron chi connectivity index (χ0n) is 13.8. The van der Waals surface area contributed by atoms with Crippen LogP contribution in [0.5, 0.6) is 0 Å². The van der Waals surface area contributed by atoms with Crippen molar-refractivity contribution in [2.24, 2.45) is 22.0 Å². The van der Waals surface area contributed by atoms with Gasteiger partial charge in [-0.25, -0.2) is 0 Å². The van der Waals surface area contributed by atoms with Crippen molar-refractivity contribution < 1.29 is 0 Å². The summed E-state index contributed by atoms with van der Waals surface area (Å²) in [6.07, 6.45) is 0. The standard InChI is InChI=1S/C23H18N2/c1-4-10-16(11-5-1)19-20-21(19)23(18-14-8-3-9-15-18)25-24-22(20)17-12-6-2-7-13-17/h1-15,19-21H/t19?,20-,21+. The molecular weight excluding hydrogens is 304 g/mol. The molecule has 1 heterocycles. The van der Waals surface area contributed by atoms with Gasteiger partial charge in [0.25, 0.3) is 0 Å². The Morgan fingerprint density at radius 3 is 1.28 bits per heavy atom. The minimum absolute atomic E-state index is 0.414. The molecule has 3 aromatic carbocycles. The molecular formula is C23H18N2. The molecule has 0 saturated heterocycles. The molecule has 1 unspecified atom stereocenters. The molecule has 2 aliphatic rings. The molecule has 0 radical (unpaired) electrons. The van der Waals surface area contributed by atoms with Crippen molar-refractivity contribution in [1.82, 2.24) is 0 Å². The summed E-state index contributed by atoms with van der Waals surface area (Å²) in [5.74, 6) is 1.29. The molecule has 3 atom stereocenters. The Kier molecular flexibility index (Phi) is 3.34. The van der Waals surface area contributed by atoms with Crippen molar-refractivity contribution in [2.45, 2.75) is 5.92 Å². The maximum atomic E-state index is 4.66. The Balaban J connectivity index is 1.61. The summed E-state index contributed by atoms with van der Waals surface area (Å²) in [5.41, 5.74) is 6.00. The molecule has 120 valence electrons. The SMILES string of the molecule is c1ccc(C2=NN=C(c3ccccc3)[C@H]3C(c4ccccc4)[C@@H]23)cc1. The van der Waals surface area contributed by atoms with E-state index in [4.69, 9.17) is 0 Å². The van der Waals surface area contributed by atoms with E-state index in [2.05, 4.69) is 89.1 Å². The van der Waals surface area contributed by atoms with Gasteiger partial charge in [-0.1, -0.05) is 91.0 Å². The summed E-state index contributed by atoms with van der Waals surface area (Å²) < 4.78 is 0. The lowest BCUT2D eigenvalue weighted by atomic mass is 9.99. The highest BCUT2D eigenvalue weighted by molar-refractivity contribution is 6.16. The molecule has 1 fully saturated rings. The van der Waals surface area contributed by atoms with Crippen LogP contribution < -0.4 is 0 Å². The lowest BCUT2D eigenvalue weighted by molar-refractivity contribution is 0.999. The first-order valence-corrected chi connectivity index (χ1v) is 8.75. The molecule has 5 rings (SSSR count). The molecule has 0 aromatic heterocycles. The van der Waals surface area contributed by atoms with Gasteiger partial charge < -0.3 is 0 Å². The zero-order chi connectivity index (χ0) is 16.6. The fourth-order valence-electron chi connectivity index (χ4n) is 4.04. The predicted molar refractivity (Wildman–Crippen MR) is 102 cm³/mol. The normalized spacial score (nSPS) is 24.1. The van der Waals surface area contributed by atoms with Crippen LogP contribution in [-0.4, -0.2) is 11.4 Å². The molecule has 2 nitrogen and oxygen atoms in total. The minimum atomic E-state index is 0.414. The molecule has 0 bridgehead atoms. The third-order valence-electron chi connectivity index (χ3n) is 5.24. The number of benzene rings is 3. The van der Waals surface area contributed by atoms with E-state index >= 15 is 0 Å². The van der Waals surface area contributed by atoms with Crippen LogP contribution in [0.3, 0.4) is 0 Å². The van der Waals surface area contributed by atoms with Crippen molar-refractivity contribution in [3.63, 3.8) is 0 Å². The van der Waals surface area contributed by atoms with Crippen molar-refractivity contribution in [3.8, 4) is 0 Å². The van der Waals surface area contributed by atoms with Gasteiger partial charge in [-0.05, 0) is 16.7 Å². The second-order valence-electron chi connectivity index (χ2n) is 6.69. The lowest BCUT2D eigenvalue weighted by Crippen LogP contribution is -2.15. The maximum absolute atomic E-state index is 4.66. The molecule has 1 aliphatic carbocycles. The van der Waals surface area contributed by atoms with Gasteiger partial charge in [0.2, 0.25) is 0 Å². The number of hydrogen-bond donors (Lipinski definition) is 0. The van der Waals surface area contributed by atoms with Crippen molar-refractivity contribution in [2.75, 3.05) is 0 Å². The van der Waals surface area contributed by atoms with Crippen LogP contribution in [0, 0.1) is 11.8 Å². The van der Waals surface area contributed by atoms with Crippen LogP contribution >= 0.6 is 0 Å². The topological polar surface area (TPSA) is 24.7 Å². The van der Waals surface area contributed by atoms with Crippen molar-refractivity contribution in [3.05, 3.63) is 108 Å². The first-order valence-electron chi connectivity index (χ1n) is 8.75. The Morgan fingerprint density at radius 1 is 0.440 bits per heavy atom. The van der Waals surface area contributed by atoms with Crippen LogP contribution in [0.2, 0.25) is 0 Å². The number of hydrogen-bond acceptors (Lipinski definition) is 2. The number of fused-ring (bicyclic) bond motifs is 1. The second kappa shape index (κ2) is 5.82. The van der Waals surface area contributed by atoms with Crippen LogP contribution in [-0.2, 0) is 0 Å². The highest BCUT2D eigenvalue weighted by Crippen LogP contribution is 2.58. The quantitative estimate of drug-likeness (QED) is 0.653. The Morgan fingerprint density at radius 2 is 0.840 bits per heavy atom. The number of rotatable bonds is 3. The average molecular weight is 322 g/mol. The summed E-state index contributed by atoms with van der Waals surface area (Å²) in [7, 11) is 0. The molecule has 25 heavy (non-hydrogen) atoms. The van der Waals surface area contributed by atoms with Crippen LogP contribution in [0.1, 0.15) is 22.6 Å². The molecule has 2 heteroatoms. The van der Waals surface area contributed by atoms with Crippen LogP contribution in [0.25, 0.3) is 0 Å². The third-order valence-corrected chi connectivity index (χ3v) is 5.24. The second-order valence-corrected chi connectivity index (χ2v) is 6.69. The van der Waals surface area contributed by atoms with E-state index < -0.39 is 0 Å². The van der Waals surface area contributed by atoms with Crippen molar-refractivity contribution >= 4 is 11.4 Å². The maximum Gasteiger partial charge on any atom is 0.0746 e. The predicted octanol–water partition coefficient (Wildman–Crippen LogP) is 4.92. The third kappa shape index (κ3) is 2.42. The van der Waals surface area contributed by atoms with E-state index in [0.717, 1.165) is 11.4 Å². The molecule has 1 saturated carbocycles. The molecule has 0 spiro atoms. The molecule has 1 aliphatic heterocycles. The Hall–Kier alpha value is -3.00. The Labute approximate surface area is 147 Å². The van der Waals surface area contributed by atoms with Crippen molar-refractivity contribution in [1.29, 1.82) is 0 Å². The first kappa shape index (κ1) is 14.4. The molecule has 0 N–H and O–H groups in total. The average Bonchev–Trinajstić information content (AvgIpc) is 3.45. The fourth-order valence-corrected chi connectivity index (χ4v) is 4.04. The Bertz CT molecular complexity index is 882. The van der Waals surface area contributed by atoms with E-state index in [-0.39, 0.29) is 0 Å². The van der Waals surface area contributed by atoms with Gasteiger partial charge in [0, 0.05) is 17.8 Å².